The maximum atomic E-state index is 12.7. The highest BCUT2D eigenvalue weighted by Gasteiger charge is 2.17. The Balaban J connectivity index is 2.43. The van der Waals surface area contributed by atoms with Crippen molar-refractivity contribution in [1.82, 2.24) is 4.57 Å². The van der Waals surface area contributed by atoms with Crippen LogP contribution in [0.25, 0.3) is 22.0 Å². The molecule has 0 radical (unpaired) electrons. The molecular formula is C19H16BrNO2. The van der Waals surface area contributed by atoms with Crippen molar-refractivity contribution < 1.29 is 4.74 Å². The molecule has 0 spiro atoms. The van der Waals surface area contributed by atoms with Crippen LogP contribution >= 0.6 is 15.9 Å². The smallest absolute Gasteiger partial charge is 0.258 e. The van der Waals surface area contributed by atoms with E-state index in [4.69, 9.17) is 4.74 Å². The lowest BCUT2D eigenvalue weighted by molar-refractivity contribution is 0.484. The third-order valence-corrected chi connectivity index (χ3v) is 4.65. The van der Waals surface area contributed by atoms with E-state index in [2.05, 4.69) is 22.5 Å². The molecule has 2 aromatic carbocycles. The molecule has 116 valence electrons. The van der Waals surface area contributed by atoms with Crippen LogP contribution in [-0.4, -0.2) is 4.57 Å². The molecule has 0 aliphatic heterocycles. The van der Waals surface area contributed by atoms with Crippen LogP contribution in [-0.2, 0) is 7.05 Å². The van der Waals surface area contributed by atoms with Gasteiger partial charge in [-0.2, -0.15) is 0 Å². The number of benzene rings is 2. The number of para-hydroxylation sites is 1. The van der Waals surface area contributed by atoms with Gasteiger partial charge < -0.3 is 9.30 Å². The van der Waals surface area contributed by atoms with Crippen molar-refractivity contribution in [2.75, 3.05) is 0 Å². The van der Waals surface area contributed by atoms with Crippen LogP contribution in [0.3, 0.4) is 0 Å². The van der Waals surface area contributed by atoms with Crippen molar-refractivity contribution in [2.24, 2.45) is 7.05 Å². The third kappa shape index (κ3) is 2.59. The van der Waals surface area contributed by atoms with E-state index < -0.39 is 0 Å². The molecule has 23 heavy (non-hydrogen) atoms. The molecule has 1 heterocycles. The van der Waals surface area contributed by atoms with E-state index in [1.54, 1.807) is 11.6 Å². The van der Waals surface area contributed by atoms with Crippen molar-refractivity contribution >= 4 is 26.7 Å². The first-order valence-electron chi connectivity index (χ1n) is 7.20. The van der Waals surface area contributed by atoms with E-state index in [0.717, 1.165) is 26.7 Å². The Bertz CT molecular complexity index is 973. The van der Waals surface area contributed by atoms with Crippen LogP contribution in [0.1, 0.15) is 5.56 Å². The number of hydrogen-bond acceptors (Lipinski definition) is 2. The van der Waals surface area contributed by atoms with E-state index >= 15 is 0 Å². The van der Waals surface area contributed by atoms with Gasteiger partial charge in [0.2, 0.25) is 0 Å². The quantitative estimate of drug-likeness (QED) is 0.621. The molecule has 0 N–H and O–H groups in total. The van der Waals surface area contributed by atoms with Gasteiger partial charge in [0, 0.05) is 23.4 Å². The number of fused-ring (bicyclic) bond motifs is 1. The summed E-state index contributed by atoms with van der Waals surface area (Å²) >= 11 is 3.68. The molecule has 0 bridgehead atoms. The van der Waals surface area contributed by atoms with Crippen LogP contribution in [0.15, 0.2) is 64.6 Å². The fourth-order valence-corrected chi connectivity index (χ4v) is 3.54. The normalized spacial score (nSPS) is 10.7. The zero-order chi connectivity index (χ0) is 16.6. The molecule has 0 saturated carbocycles. The Morgan fingerprint density at radius 2 is 1.91 bits per heavy atom. The average molecular weight is 370 g/mol. The number of rotatable bonds is 3. The third-order valence-electron chi connectivity index (χ3n) is 3.84. The summed E-state index contributed by atoms with van der Waals surface area (Å²) in [7, 11) is 1.77. The Hall–Kier alpha value is -2.33. The summed E-state index contributed by atoms with van der Waals surface area (Å²) in [6.07, 6.45) is 1.38. The molecule has 0 fully saturated rings. The monoisotopic (exact) mass is 369 g/mol. The Morgan fingerprint density at radius 1 is 1.17 bits per heavy atom. The van der Waals surface area contributed by atoms with Gasteiger partial charge in [-0.25, -0.2) is 0 Å². The average Bonchev–Trinajstić information content (AvgIpc) is 2.55. The maximum Gasteiger partial charge on any atom is 0.258 e. The minimum Gasteiger partial charge on any atom is -0.465 e. The number of nitrogens with zero attached hydrogens (tertiary/aromatic N) is 1. The first kappa shape index (κ1) is 15.6. The van der Waals surface area contributed by atoms with E-state index in [-0.39, 0.29) is 5.56 Å². The van der Waals surface area contributed by atoms with Crippen molar-refractivity contribution in [1.29, 1.82) is 0 Å². The molecule has 1 aromatic heterocycles. The molecule has 3 rings (SSSR count). The number of pyridine rings is 1. The second-order valence-electron chi connectivity index (χ2n) is 5.36. The van der Waals surface area contributed by atoms with Gasteiger partial charge in [-0.15, -0.1) is 0 Å². The van der Waals surface area contributed by atoms with Gasteiger partial charge in [-0.1, -0.05) is 36.4 Å². The number of aryl methyl sites for hydroxylation is 1. The van der Waals surface area contributed by atoms with Gasteiger partial charge in [-0.05, 0) is 41.1 Å². The lowest BCUT2D eigenvalue weighted by Crippen LogP contribution is -2.19. The second-order valence-corrected chi connectivity index (χ2v) is 6.15. The van der Waals surface area contributed by atoms with E-state index in [0.29, 0.717) is 11.1 Å². The van der Waals surface area contributed by atoms with Gasteiger partial charge in [0.15, 0.2) is 0 Å². The van der Waals surface area contributed by atoms with Gasteiger partial charge in [0.05, 0.1) is 16.4 Å². The Labute approximate surface area is 143 Å². The van der Waals surface area contributed by atoms with Gasteiger partial charge in [0.1, 0.15) is 5.75 Å². The molecular weight excluding hydrogens is 354 g/mol. The van der Waals surface area contributed by atoms with Gasteiger partial charge in [0.25, 0.3) is 5.56 Å². The largest absolute Gasteiger partial charge is 0.465 e. The van der Waals surface area contributed by atoms with Crippen LogP contribution < -0.4 is 10.3 Å². The molecule has 0 unspecified atom stereocenters. The maximum absolute atomic E-state index is 12.7. The fourth-order valence-electron chi connectivity index (χ4n) is 2.74. The van der Waals surface area contributed by atoms with Crippen molar-refractivity contribution in [3.05, 3.63) is 75.7 Å². The highest BCUT2D eigenvalue weighted by molar-refractivity contribution is 9.10. The summed E-state index contributed by atoms with van der Waals surface area (Å²) in [4.78, 5) is 12.7. The van der Waals surface area contributed by atoms with E-state index in [1.165, 1.54) is 6.26 Å². The van der Waals surface area contributed by atoms with Crippen molar-refractivity contribution in [3.8, 4) is 17.0 Å². The lowest BCUT2D eigenvalue weighted by atomic mass is 10.0. The lowest BCUT2D eigenvalue weighted by Gasteiger charge is -2.16. The molecule has 0 amide bonds. The predicted molar refractivity (Wildman–Crippen MR) is 97.9 cm³/mol. The summed E-state index contributed by atoms with van der Waals surface area (Å²) in [6.45, 7) is 5.62. The number of aromatic nitrogens is 1. The number of ether oxygens (including phenoxy) is 1. The van der Waals surface area contributed by atoms with E-state index in [9.17, 15) is 4.79 Å². The first-order chi connectivity index (χ1) is 11.0. The fraction of sp³-hybridized carbons (Fsp3) is 0.105. The van der Waals surface area contributed by atoms with Crippen LogP contribution in [0.2, 0.25) is 0 Å². The minimum atomic E-state index is -0.0355. The van der Waals surface area contributed by atoms with Crippen LogP contribution in [0, 0.1) is 6.92 Å². The molecule has 4 heteroatoms. The number of hydrogen-bond donors (Lipinski definition) is 0. The SMILES string of the molecule is C=COc1ccccc1-c1c(Br)c2cc(C)ccc2c(=O)n1C. The predicted octanol–water partition coefficient (Wildman–Crippen LogP) is 4.80. The zero-order valence-corrected chi connectivity index (χ0v) is 14.6. The van der Waals surface area contributed by atoms with Crippen molar-refractivity contribution in [2.45, 2.75) is 6.92 Å². The summed E-state index contributed by atoms with van der Waals surface area (Å²) in [6, 6.07) is 13.4. The Morgan fingerprint density at radius 3 is 2.65 bits per heavy atom. The first-order valence-corrected chi connectivity index (χ1v) is 7.99. The zero-order valence-electron chi connectivity index (χ0n) is 13.0. The molecule has 0 saturated heterocycles. The summed E-state index contributed by atoms with van der Waals surface area (Å²) < 4.78 is 8.02. The van der Waals surface area contributed by atoms with Crippen molar-refractivity contribution in [3.63, 3.8) is 0 Å². The standard InChI is InChI=1S/C19H16BrNO2/c1-4-23-16-8-6-5-7-14(16)18-17(20)15-11-12(2)9-10-13(15)19(22)21(18)3/h4-11H,1H2,2-3H3. The van der Waals surface area contributed by atoms with Gasteiger partial charge >= 0.3 is 0 Å². The minimum absolute atomic E-state index is 0.0355. The summed E-state index contributed by atoms with van der Waals surface area (Å²) in [5.74, 6) is 0.658. The van der Waals surface area contributed by atoms with E-state index in [1.807, 2.05) is 49.4 Å². The topological polar surface area (TPSA) is 31.2 Å². The van der Waals surface area contributed by atoms with Crippen LogP contribution in [0.4, 0.5) is 0 Å². The highest BCUT2D eigenvalue weighted by Crippen LogP contribution is 2.37. The molecule has 0 aliphatic carbocycles. The second kappa shape index (κ2) is 6.05. The Kier molecular flexibility index (Phi) is 4.09. The van der Waals surface area contributed by atoms with Crippen LogP contribution in [0.5, 0.6) is 5.75 Å². The summed E-state index contributed by atoms with van der Waals surface area (Å²) in [5, 5.41) is 1.59. The molecule has 0 aliphatic rings. The molecule has 3 aromatic rings. The molecule has 0 atom stereocenters. The number of halogens is 1. The highest BCUT2D eigenvalue weighted by atomic mass is 79.9. The summed E-state index contributed by atoms with van der Waals surface area (Å²) in [5.41, 5.74) is 2.69. The van der Waals surface area contributed by atoms with Gasteiger partial charge in [-0.3, -0.25) is 4.79 Å². The molecule has 3 nitrogen and oxygen atoms in total.